The van der Waals surface area contributed by atoms with Crippen LogP contribution < -0.4 is 5.73 Å². The van der Waals surface area contributed by atoms with Crippen LogP contribution in [0.25, 0.3) is 10.9 Å². The molecule has 98 valence electrons. The Labute approximate surface area is 108 Å². The molecule has 1 aromatic heterocycles. The fraction of sp³-hybridized carbons (Fsp3) is 0.467. The first kappa shape index (κ1) is 13.1. The number of halogens is 1. The molecular formula is C15H21FN2. The van der Waals surface area contributed by atoms with E-state index in [4.69, 9.17) is 5.73 Å². The van der Waals surface area contributed by atoms with E-state index in [0.717, 1.165) is 17.3 Å². The maximum Gasteiger partial charge on any atom is 0.125 e. The van der Waals surface area contributed by atoms with Crippen molar-refractivity contribution in [2.24, 2.45) is 12.8 Å². The number of rotatable bonds is 3. The molecule has 0 saturated carbocycles. The van der Waals surface area contributed by atoms with Crippen LogP contribution in [0, 0.1) is 12.7 Å². The Balaban J connectivity index is 2.75. The highest BCUT2D eigenvalue weighted by molar-refractivity contribution is 5.86. The fourth-order valence-electron chi connectivity index (χ4n) is 2.88. The third-order valence-corrected chi connectivity index (χ3v) is 3.90. The van der Waals surface area contributed by atoms with Crippen molar-refractivity contribution in [1.82, 2.24) is 4.57 Å². The zero-order valence-electron chi connectivity index (χ0n) is 11.5. The molecule has 0 aliphatic rings. The molecule has 3 heteroatoms. The van der Waals surface area contributed by atoms with Crippen molar-refractivity contribution >= 4 is 10.9 Å². The second-order valence-corrected chi connectivity index (χ2v) is 5.60. The van der Waals surface area contributed by atoms with E-state index in [0.29, 0.717) is 6.54 Å². The fourth-order valence-corrected chi connectivity index (χ4v) is 2.88. The SMILES string of the molecule is Cc1c(C(C)(C)CCN)c2ccc(F)cc2n1C. The molecule has 1 aromatic carbocycles. The lowest BCUT2D eigenvalue weighted by atomic mass is 9.80. The number of benzene rings is 1. The summed E-state index contributed by atoms with van der Waals surface area (Å²) in [6.07, 6.45) is 0.921. The number of fused-ring (bicyclic) bond motifs is 1. The van der Waals surface area contributed by atoms with Crippen LogP contribution >= 0.6 is 0 Å². The number of hydrogen-bond acceptors (Lipinski definition) is 1. The lowest BCUT2D eigenvalue weighted by molar-refractivity contribution is 0.487. The molecule has 0 radical (unpaired) electrons. The molecule has 0 spiro atoms. The van der Waals surface area contributed by atoms with E-state index in [1.54, 1.807) is 6.07 Å². The number of aryl methyl sites for hydroxylation is 1. The zero-order valence-corrected chi connectivity index (χ0v) is 11.5. The summed E-state index contributed by atoms with van der Waals surface area (Å²) in [4.78, 5) is 0. The molecule has 18 heavy (non-hydrogen) atoms. The molecule has 0 unspecified atom stereocenters. The van der Waals surface area contributed by atoms with Crippen LogP contribution in [-0.4, -0.2) is 11.1 Å². The second-order valence-electron chi connectivity index (χ2n) is 5.60. The summed E-state index contributed by atoms with van der Waals surface area (Å²) in [5, 5.41) is 1.13. The van der Waals surface area contributed by atoms with Crippen molar-refractivity contribution in [3.8, 4) is 0 Å². The smallest absolute Gasteiger partial charge is 0.125 e. The summed E-state index contributed by atoms with van der Waals surface area (Å²) in [6.45, 7) is 7.14. The standard InChI is InChI=1S/C15H21FN2/c1-10-14(15(2,3)7-8-17)12-6-5-11(16)9-13(12)18(10)4/h5-6,9H,7-8,17H2,1-4H3. The number of hydrogen-bond donors (Lipinski definition) is 1. The largest absolute Gasteiger partial charge is 0.348 e. The maximum atomic E-state index is 13.4. The summed E-state index contributed by atoms with van der Waals surface area (Å²) >= 11 is 0. The monoisotopic (exact) mass is 248 g/mol. The molecular weight excluding hydrogens is 227 g/mol. The van der Waals surface area contributed by atoms with Gasteiger partial charge in [-0.1, -0.05) is 13.8 Å². The molecule has 2 N–H and O–H groups in total. The highest BCUT2D eigenvalue weighted by atomic mass is 19.1. The first-order valence-electron chi connectivity index (χ1n) is 6.33. The molecule has 0 amide bonds. The molecule has 0 atom stereocenters. The molecule has 0 aliphatic heterocycles. The molecule has 2 aromatic rings. The van der Waals surface area contributed by atoms with Gasteiger partial charge in [-0.15, -0.1) is 0 Å². The number of nitrogens with two attached hydrogens (primary N) is 1. The molecule has 0 saturated heterocycles. The van der Waals surface area contributed by atoms with Crippen LogP contribution in [0.2, 0.25) is 0 Å². The van der Waals surface area contributed by atoms with Crippen LogP contribution in [0.1, 0.15) is 31.5 Å². The molecule has 2 rings (SSSR count). The van der Waals surface area contributed by atoms with Gasteiger partial charge in [0.2, 0.25) is 0 Å². The summed E-state index contributed by atoms with van der Waals surface area (Å²) in [6, 6.07) is 5.01. The normalized spacial score (nSPS) is 12.3. The Morgan fingerprint density at radius 3 is 2.61 bits per heavy atom. The van der Waals surface area contributed by atoms with Crippen molar-refractivity contribution in [3.63, 3.8) is 0 Å². The Bertz CT molecular complexity index is 582. The van der Waals surface area contributed by atoms with E-state index in [1.807, 2.05) is 13.1 Å². The van der Waals surface area contributed by atoms with Gasteiger partial charge < -0.3 is 10.3 Å². The van der Waals surface area contributed by atoms with Gasteiger partial charge >= 0.3 is 0 Å². The van der Waals surface area contributed by atoms with E-state index in [1.165, 1.54) is 17.3 Å². The van der Waals surface area contributed by atoms with Crippen LogP contribution in [0.4, 0.5) is 4.39 Å². The molecule has 1 heterocycles. The molecule has 0 bridgehead atoms. The molecule has 2 nitrogen and oxygen atoms in total. The van der Waals surface area contributed by atoms with Crippen molar-refractivity contribution in [3.05, 3.63) is 35.3 Å². The second kappa shape index (κ2) is 4.39. The van der Waals surface area contributed by atoms with E-state index < -0.39 is 0 Å². The van der Waals surface area contributed by atoms with Crippen molar-refractivity contribution in [1.29, 1.82) is 0 Å². The lowest BCUT2D eigenvalue weighted by Crippen LogP contribution is -2.22. The van der Waals surface area contributed by atoms with Gasteiger partial charge in [-0.2, -0.15) is 0 Å². The van der Waals surface area contributed by atoms with E-state index >= 15 is 0 Å². The van der Waals surface area contributed by atoms with Gasteiger partial charge in [0.25, 0.3) is 0 Å². The average Bonchev–Trinajstić information content (AvgIpc) is 2.53. The van der Waals surface area contributed by atoms with Gasteiger partial charge in [0.15, 0.2) is 0 Å². The Kier molecular flexibility index (Phi) is 3.20. The van der Waals surface area contributed by atoms with Crippen LogP contribution in [0.5, 0.6) is 0 Å². The zero-order chi connectivity index (χ0) is 13.5. The third-order valence-electron chi connectivity index (χ3n) is 3.90. The predicted molar refractivity (Wildman–Crippen MR) is 74.3 cm³/mol. The first-order valence-corrected chi connectivity index (χ1v) is 6.33. The third kappa shape index (κ3) is 1.93. The summed E-state index contributed by atoms with van der Waals surface area (Å²) < 4.78 is 15.4. The van der Waals surface area contributed by atoms with Gasteiger partial charge in [-0.25, -0.2) is 4.39 Å². The summed E-state index contributed by atoms with van der Waals surface area (Å²) in [7, 11) is 1.99. The van der Waals surface area contributed by atoms with Crippen LogP contribution in [0.3, 0.4) is 0 Å². The quantitative estimate of drug-likeness (QED) is 0.888. The van der Waals surface area contributed by atoms with Gasteiger partial charge in [-0.3, -0.25) is 0 Å². The molecule has 0 aliphatic carbocycles. The van der Waals surface area contributed by atoms with E-state index in [9.17, 15) is 4.39 Å². The lowest BCUT2D eigenvalue weighted by Gasteiger charge is -2.25. The van der Waals surface area contributed by atoms with Crippen LogP contribution in [0.15, 0.2) is 18.2 Å². The minimum atomic E-state index is -0.189. The van der Waals surface area contributed by atoms with Crippen molar-refractivity contribution in [2.75, 3.05) is 6.54 Å². The highest BCUT2D eigenvalue weighted by Crippen LogP contribution is 2.37. The van der Waals surface area contributed by atoms with Crippen molar-refractivity contribution in [2.45, 2.75) is 32.6 Å². The van der Waals surface area contributed by atoms with Gasteiger partial charge in [-0.05, 0) is 49.1 Å². The minimum absolute atomic E-state index is 0.0101. The minimum Gasteiger partial charge on any atom is -0.348 e. The Hall–Kier alpha value is -1.35. The van der Waals surface area contributed by atoms with Gasteiger partial charge in [0.1, 0.15) is 5.82 Å². The number of aromatic nitrogens is 1. The van der Waals surface area contributed by atoms with Gasteiger partial charge in [0, 0.05) is 18.1 Å². The summed E-state index contributed by atoms with van der Waals surface area (Å²) in [5.41, 5.74) is 9.14. The first-order chi connectivity index (χ1) is 8.38. The van der Waals surface area contributed by atoms with E-state index in [2.05, 4.69) is 25.3 Å². The van der Waals surface area contributed by atoms with Crippen LogP contribution in [-0.2, 0) is 12.5 Å². The Morgan fingerprint density at radius 1 is 1.33 bits per heavy atom. The van der Waals surface area contributed by atoms with E-state index in [-0.39, 0.29) is 11.2 Å². The average molecular weight is 248 g/mol. The highest BCUT2D eigenvalue weighted by Gasteiger charge is 2.26. The summed E-state index contributed by atoms with van der Waals surface area (Å²) in [5.74, 6) is -0.189. The number of nitrogens with zero attached hydrogens (tertiary/aromatic N) is 1. The maximum absolute atomic E-state index is 13.4. The predicted octanol–water partition coefficient (Wildman–Crippen LogP) is 3.25. The Morgan fingerprint density at radius 2 is 2.00 bits per heavy atom. The van der Waals surface area contributed by atoms with Gasteiger partial charge in [0.05, 0.1) is 5.52 Å². The van der Waals surface area contributed by atoms with Crippen molar-refractivity contribution < 1.29 is 4.39 Å². The molecule has 0 fully saturated rings. The topological polar surface area (TPSA) is 30.9 Å².